The maximum atomic E-state index is 12.0. The standard InChI is InChI=1S/C16H21BrO3/c1-11(2)19-16(18)12-4-3-5-15(10-12)20-14-8-6-13(17)7-9-14/h6-9,11-12,15H,3-5,10H2,1-2H3/t12-,15-/m0/s1. The van der Waals surface area contributed by atoms with Crippen LogP contribution in [-0.2, 0) is 9.53 Å². The van der Waals surface area contributed by atoms with Crippen molar-refractivity contribution in [2.75, 3.05) is 0 Å². The van der Waals surface area contributed by atoms with Crippen LogP contribution in [0.4, 0.5) is 0 Å². The van der Waals surface area contributed by atoms with Crippen molar-refractivity contribution in [1.82, 2.24) is 0 Å². The maximum Gasteiger partial charge on any atom is 0.309 e. The second-order valence-corrected chi connectivity index (χ2v) is 6.46. The second kappa shape index (κ2) is 7.11. The Hall–Kier alpha value is -1.03. The Morgan fingerprint density at radius 3 is 2.60 bits per heavy atom. The number of carbonyl (C=O) groups is 1. The molecule has 1 saturated carbocycles. The molecule has 0 aromatic heterocycles. The largest absolute Gasteiger partial charge is 0.490 e. The fourth-order valence-corrected chi connectivity index (χ4v) is 2.76. The molecule has 1 aromatic rings. The zero-order valence-electron chi connectivity index (χ0n) is 12.0. The first kappa shape index (κ1) is 15.4. The number of hydrogen-bond acceptors (Lipinski definition) is 3. The molecule has 3 nitrogen and oxygen atoms in total. The molecule has 20 heavy (non-hydrogen) atoms. The Morgan fingerprint density at radius 2 is 1.95 bits per heavy atom. The van der Waals surface area contributed by atoms with Crippen LogP contribution in [0.5, 0.6) is 5.75 Å². The lowest BCUT2D eigenvalue weighted by Gasteiger charge is -2.28. The van der Waals surface area contributed by atoms with Gasteiger partial charge in [0, 0.05) is 4.47 Å². The average molecular weight is 341 g/mol. The lowest BCUT2D eigenvalue weighted by molar-refractivity contribution is -0.154. The first-order valence-electron chi connectivity index (χ1n) is 7.17. The van der Waals surface area contributed by atoms with E-state index < -0.39 is 0 Å². The molecule has 1 aliphatic rings. The molecular formula is C16H21BrO3. The summed E-state index contributed by atoms with van der Waals surface area (Å²) in [6.07, 6.45) is 3.73. The van der Waals surface area contributed by atoms with Gasteiger partial charge in [-0.15, -0.1) is 0 Å². The van der Waals surface area contributed by atoms with Gasteiger partial charge in [0.15, 0.2) is 0 Å². The fourth-order valence-electron chi connectivity index (χ4n) is 2.50. The van der Waals surface area contributed by atoms with Gasteiger partial charge in [-0.3, -0.25) is 4.79 Å². The minimum absolute atomic E-state index is 0.0217. The topological polar surface area (TPSA) is 35.5 Å². The monoisotopic (exact) mass is 340 g/mol. The molecule has 0 unspecified atom stereocenters. The van der Waals surface area contributed by atoms with E-state index in [4.69, 9.17) is 9.47 Å². The smallest absolute Gasteiger partial charge is 0.309 e. The van der Waals surface area contributed by atoms with E-state index in [-0.39, 0.29) is 24.1 Å². The molecule has 0 spiro atoms. The third-order valence-electron chi connectivity index (χ3n) is 3.43. The van der Waals surface area contributed by atoms with Crippen LogP contribution in [0, 0.1) is 5.92 Å². The molecule has 1 aromatic carbocycles. The highest BCUT2D eigenvalue weighted by Gasteiger charge is 2.29. The van der Waals surface area contributed by atoms with Gasteiger partial charge in [0.25, 0.3) is 0 Å². The van der Waals surface area contributed by atoms with Crippen molar-refractivity contribution < 1.29 is 14.3 Å². The Kier molecular flexibility index (Phi) is 5.46. The van der Waals surface area contributed by atoms with Gasteiger partial charge in [0.05, 0.1) is 18.1 Å². The molecule has 2 atom stereocenters. The van der Waals surface area contributed by atoms with Gasteiger partial charge in [-0.25, -0.2) is 0 Å². The van der Waals surface area contributed by atoms with Crippen LogP contribution in [0.25, 0.3) is 0 Å². The fraction of sp³-hybridized carbons (Fsp3) is 0.562. The van der Waals surface area contributed by atoms with Gasteiger partial charge in [-0.1, -0.05) is 15.9 Å². The minimum Gasteiger partial charge on any atom is -0.490 e. The van der Waals surface area contributed by atoms with Gasteiger partial charge in [-0.05, 0) is 63.8 Å². The highest BCUT2D eigenvalue weighted by Crippen LogP contribution is 2.29. The van der Waals surface area contributed by atoms with Crippen molar-refractivity contribution in [2.24, 2.45) is 5.92 Å². The summed E-state index contributed by atoms with van der Waals surface area (Å²) < 4.78 is 12.3. The predicted octanol–water partition coefficient (Wildman–Crippen LogP) is 4.34. The number of rotatable bonds is 4. The van der Waals surface area contributed by atoms with Gasteiger partial charge in [0.2, 0.25) is 0 Å². The lowest BCUT2D eigenvalue weighted by Crippen LogP contribution is -2.31. The number of ether oxygens (including phenoxy) is 2. The summed E-state index contributed by atoms with van der Waals surface area (Å²) in [4.78, 5) is 12.0. The Bertz CT molecular complexity index is 442. The molecule has 0 aliphatic heterocycles. The van der Waals surface area contributed by atoms with E-state index in [1.807, 2.05) is 38.1 Å². The summed E-state index contributed by atoms with van der Waals surface area (Å²) in [6.45, 7) is 3.77. The molecule has 0 bridgehead atoms. The quantitative estimate of drug-likeness (QED) is 0.765. The van der Waals surface area contributed by atoms with Crippen molar-refractivity contribution in [2.45, 2.75) is 51.7 Å². The van der Waals surface area contributed by atoms with E-state index >= 15 is 0 Å². The van der Waals surface area contributed by atoms with Gasteiger partial charge in [0.1, 0.15) is 5.75 Å². The van der Waals surface area contributed by atoms with Crippen LogP contribution >= 0.6 is 15.9 Å². The van der Waals surface area contributed by atoms with Gasteiger partial charge in [-0.2, -0.15) is 0 Å². The Morgan fingerprint density at radius 1 is 1.25 bits per heavy atom. The van der Waals surface area contributed by atoms with Crippen LogP contribution < -0.4 is 4.74 Å². The van der Waals surface area contributed by atoms with Crippen molar-refractivity contribution in [3.8, 4) is 5.75 Å². The third kappa shape index (κ3) is 4.51. The van der Waals surface area contributed by atoms with Crippen LogP contribution in [0.15, 0.2) is 28.7 Å². The molecule has 1 fully saturated rings. The summed E-state index contributed by atoms with van der Waals surface area (Å²) >= 11 is 3.41. The van der Waals surface area contributed by atoms with E-state index in [2.05, 4.69) is 15.9 Å². The first-order valence-corrected chi connectivity index (χ1v) is 7.96. The number of carbonyl (C=O) groups excluding carboxylic acids is 1. The average Bonchev–Trinajstić information content (AvgIpc) is 2.41. The summed E-state index contributed by atoms with van der Waals surface area (Å²) in [7, 11) is 0. The number of esters is 1. The molecule has 0 saturated heterocycles. The Labute approximate surface area is 128 Å². The molecule has 0 heterocycles. The summed E-state index contributed by atoms with van der Waals surface area (Å²) in [5.41, 5.74) is 0. The van der Waals surface area contributed by atoms with Crippen molar-refractivity contribution >= 4 is 21.9 Å². The lowest BCUT2D eigenvalue weighted by atomic mass is 9.87. The van der Waals surface area contributed by atoms with E-state index in [9.17, 15) is 4.79 Å². The molecule has 110 valence electrons. The zero-order valence-corrected chi connectivity index (χ0v) is 13.6. The van der Waals surface area contributed by atoms with Crippen LogP contribution in [0.3, 0.4) is 0 Å². The third-order valence-corrected chi connectivity index (χ3v) is 3.96. The van der Waals surface area contributed by atoms with Crippen molar-refractivity contribution in [1.29, 1.82) is 0 Å². The summed E-state index contributed by atoms with van der Waals surface area (Å²) in [6, 6.07) is 7.81. The van der Waals surface area contributed by atoms with E-state index in [0.29, 0.717) is 0 Å². The molecule has 0 radical (unpaired) electrons. The van der Waals surface area contributed by atoms with Crippen molar-refractivity contribution in [3.63, 3.8) is 0 Å². The molecular weight excluding hydrogens is 320 g/mol. The minimum atomic E-state index is -0.0795. The van der Waals surface area contributed by atoms with Gasteiger partial charge < -0.3 is 9.47 Å². The van der Waals surface area contributed by atoms with Gasteiger partial charge >= 0.3 is 5.97 Å². The first-order chi connectivity index (χ1) is 9.54. The number of halogens is 1. The van der Waals surface area contributed by atoms with E-state index in [1.165, 1.54) is 0 Å². The SMILES string of the molecule is CC(C)OC(=O)[C@H]1CCC[C@H](Oc2ccc(Br)cc2)C1. The van der Waals surface area contributed by atoms with Crippen LogP contribution in [0.2, 0.25) is 0 Å². The summed E-state index contributed by atoms with van der Waals surface area (Å²) in [5, 5.41) is 0. The maximum absolute atomic E-state index is 12.0. The predicted molar refractivity (Wildman–Crippen MR) is 81.7 cm³/mol. The van der Waals surface area contributed by atoms with E-state index in [0.717, 1.165) is 35.9 Å². The van der Waals surface area contributed by atoms with E-state index in [1.54, 1.807) is 0 Å². The highest BCUT2D eigenvalue weighted by molar-refractivity contribution is 9.10. The van der Waals surface area contributed by atoms with Crippen molar-refractivity contribution in [3.05, 3.63) is 28.7 Å². The number of benzene rings is 1. The van der Waals surface area contributed by atoms with Crippen LogP contribution in [-0.4, -0.2) is 18.2 Å². The molecule has 1 aliphatic carbocycles. The molecule has 0 amide bonds. The highest BCUT2D eigenvalue weighted by atomic mass is 79.9. The Balaban J connectivity index is 1.90. The summed E-state index contributed by atoms with van der Waals surface area (Å²) in [5.74, 6) is 0.756. The molecule has 4 heteroatoms. The molecule has 2 rings (SSSR count). The number of hydrogen-bond donors (Lipinski definition) is 0. The second-order valence-electron chi connectivity index (χ2n) is 5.54. The van der Waals surface area contributed by atoms with Crippen LogP contribution in [0.1, 0.15) is 39.5 Å². The molecule has 0 N–H and O–H groups in total. The normalized spacial score (nSPS) is 22.6. The zero-order chi connectivity index (χ0) is 14.5.